The summed E-state index contributed by atoms with van der Waals surface area (Å²) in [7, 11) is 1.51. The zero-order valence-electron chi connectivity index (χ0n) is 19.5. The summed E-state index contributed by atoms with van der Waals surface area (Å²) in [5.41, 5.74) is 0.528. The lowest BCUT2D eigenvalue weighted by Gasteiger charge is -2.28. The van der Waals surface area contributed by atoms with Crippen LogP contribution >= 0.6 is 11.6 Å². The number of nitrogens with one attached hydrogen (secondary N) is 2. The van der Waals surface area contributed by atoms with Crippen LogP contribution in [0.5, 0.6) is 0 Å². The highest BCUT2D eigenvalue weighted by molar-refractivity contribution is 6.31. The summed E-state index contributed by atoms with van der Waals surface area (Å²) in [6.07, 6.45) is 1.34. The molecule has 3 amide bonds. The minimum Gasteiger partial charge on any atom is -0.481 e. The van der Waals surface area contributed by atoms with Gasteiger partial charge in [-0.2, -0.15) is 0 Å². The Morgan fingerprint density at radius 3 is 2.64 bits per heavy atom. The average Bonchev–Trinajstić information content (AvgIpc) is 2.84. The van der Waals surface area contributed by atoms with Crippen LogP contribution in [0, 0.1) is 5.82 Å². The molecule has 0 radical (unpaired) electrons. The molecule has 9 nitrogen and oxygen atoms in total. The number of nitrogens with zero attached hydrogens (tertiary/aromatic N) is 2. The number of aromatic nitrogens is 1. The zero-order valence-corrected chi connectivity index (χ0v) is 20.3. The number of carbonyl (C=O) groups excluding carboxylic acids is 2. The first-order valence-electron chi connectivity index (χ1n) is 11.2. The molecule has 0 spiro atoms. The first kappa shape index (κ1) is 26.7. The summed E-state index contributed by atoms with van der Waals surface area (Å²) in [6, 6.07) is 12.0. The van der Waals surface area contributed by atoms with E-state index in [0.29, 0.717) is 11.4 Å². The van der Waals surface area contributed by atoms with Crippen LogP contribution in [-0.2, 0) is 16.1 Å². The van der Waals surface area contributed by atoms with Crippen LogP contribution in [0.15, 0.2) is 54.7 Å². The van der Waals surface area contributed by atoms with E-state index in [4.69, 9.17) is 21.4 Å². The van der Waals surface area contributed by atoms with Crippen molar-refractivity contribution in [1.29, 1.82) is 0 Å². The molecular weight excluding hydrogens is 491 g/mol. The number of benzene rings is 2. The SMILES string of the molecule is CN(C(=O)NCc1ccc(F)cc1Cl)[C@@H](CCCC(=O)O)COC(=O)Nc1cc2ccccc2cn1. The summed E-state index contributed by atoms with van der Waals surface area (Å²) < 4.78 is 18.6. The zero-order chi connectivity index (χ0) is 26.1. The third-order valence-electron chi connectivity index (χ3n) is 5.51. The average molecular weight is 517 g/mol. The number of carbonyl (C=O) groups is 3. The predicted octanol–water partition coefficient (Wildman–Crippen LogP) is 5.04. The molecule has 3 rings (SSSR count). The number of ether oxygens (including phenoxy) is 1. The molecule has 0 aliphatic rings. The van der Waals surface area contributed by atoms with Gasteiger partial charge in [-0.3, -0.25) is 10.1 Å². The molecule has 0 saturated heterocycles. The fraction of sp³-hybridized carbons (Fsp3) is 0.280. The Labute approximate surface area is 212 Å². The van der Waals surface area contributed by atoms with Crippen molar-refractivity contribution in [3.8, 4) is 0 Å². The maximum atomic E-state index is 13.2. The minimum atomic E-state index is -0.965. The van der Waals surface area contributed by atoms with E-state index in [1.807, 2.05) is 24.3 Å². The van der Waals surface area contributed by atoms with Crippen LogP contribution in [0.4, 0.5) is 19.8 Å². The van der Waals surface area contributed by atoms with Gasteiger partial charge in [0, 0.05) is 36.6 Å². The van der Waals surface area contributed by atoms with Crippen LogP contribution in [0.3, 0.4) is 0 Å². The Morgan fingerprint density at radius 1 is 1.17 bits per heavy atom. The topological polar surface area (TPSA) is 121 Å². The van der Waals surface area contributed by atoms with Crippen molar-refractivity contribution < 1.29 is 28.6 Å². The lowest BCUT2D eigenvalue weighted by atomic mass is 10.1. The lowest BCUT2D eigenvalue weighted by Crippen LogP contribution is -2.46. The Hall–Kier alpha value is -3.92. The standard InChI is InChI=1S/C25H26ClFN4O5/c1-31(24(34)29-14-18-9-10-19(27)12-21(18)26)20(7-4-8-23(32)33)15-36-25(35)30-22-11-16-5-2-3-6-17(16)13-28-22/h2-3,5-6,9-13,20H,4,7-8,14-15H2,1H3,(H,29,34)(H,32,33)(H,28,30,35)/t20-/m0/s1. The molecule has 0 aliphatic carbocycles. The molecule has 1 aromatic heterocycles. The fourth-order valence-corrected chi connectivity index (χ4v) is 3.70. The summed E-state index contributed by atoms with van der Waals surface area (Å²) in [6.45, 7) is -0.112. The fourth-order valence-electron chi connectivity index (χ4n) is 3.47. The Morgan fingerprint density at radius 2 is 1.92 bits per heavy atom. The van der Waals surface area contributed by atoms with Crippen molar-refractivity contribution in [2.24, 2.45) is 0 Å². The van der Waals surface area contributed by atoms with Crippen molar-refractivity contribution in [2.75, 3.05) is 19.0 Å². The van der Waals surface area contributed by atoms with Crippen LogP contribution in [0.1, 0.15) is 24.8 Å². The van der Waals surface area contributed by atoms with E-state index in [2.05, 4.69) is 15.6 Å². The number of carboxylic acid groups (broad SMARTS) is 1. The highest BCUT2D eigenvalue weighted by Gasteiger charge is 2.22. The van der Waals surface area contributed by atoms with Gasteiger partial charge >= 0.3 is 18.1 Å². The molecule has 1 atom stereocenters. The van der Waals surface area contributed by atoms with Crippen LogP contribution in [0.2, 0.25) is 5.02 Å². The number of aliphatic carboxylic acids is 1. The second-order valence-corrected chi connectivity index (χ2v) is 8.49. The van der Waals surface area contributed by atoms with E-state index in [1.165, 1.54) is 24.1 Å². The molecule has 0 fully saturated rings. The van der Waals surface area contributed by atoms with E-state index in [9.17, 15) is 18.8 Å². The van der Waals surface area contributed by atoms with E-state index in [-0.39, 0.29) is 37.4 Å². The Balaban J connectivity index is 1.58. The molecule has 11 heteroatoms. The number of anilines is 1. The Kier molecular flexibility index (Phi) is 9.40. The van der Waals surface area contributed by atoms with E-state index < -0.39 is 30.0 Å². The number of hydrogen-bond acceptors (Lipinski definition) is 5. The molecule has 36 heavy (non-hydrogen) atoms. The van der Waals surface area contributed by atoms with Gasteiger partial charge in [-0.05, 0) is 42.0 Å². The monoisotopic (exact) mass is 516 g/mol. The van der Waals surface area contributed by atoms with Gasteiger partial charge in [-0.25, -0.2) is 19.0 Å². The van der Waals surface area contributed by atoms with E-state index in [0.717, 1.165) is 16.8 Å². The van der Waals surface area contributed by atoms with Crippen molar-refractivity contribution >= 4 is 46.3 Å². The van der Waals surface area contributed by atoms with Gasteiger partial charge in [0.05, 0.1) is 6.04 Å². The number of urea groups is 1. The van der Waals surface area contributed by atoms with Gasteiger partial charge in [-0.1, -0.05) is 41.9 Å². The Bertz CT molecular complexity index is 1240. The maximum absolute atomic E-state index is 13.2. The number of hydrogen-bond donors (Lipinski definition) is 3. The van der Waals surface area contributed by atoms with Crippen molar-refractivity contribution in [1.82, 2.24) is 15.2 Å². The lowest BCUT2D eigenvalue weighted by molar-refractivity contribution is -0.137. The predicted molar refractivity (Wildman–Crippen MR) is 133 cm³/mol. The van der Waals surface area contributed by atoms with Crippen LogP contribution < -0.4 is 10.6 Å². The maximum Gasteiger partial charge on any atom is 0.412 e. The number of amides is 3. The van der Waals surface area contributed by atoms with Crippen molar-refractivity contribution in [2.45, 2.75) is 31.8 Å². The third kappa shape index (κ3) is 7.81. The summed E-state index contributed by atoms with van der Waals surface area (Å²) >= 11 is 6.01. The number of rotatable bonds is 10. The van der Waals surface area contributed by atoms with Crippen LogP contribution in [0.25, 0.3) is 10.8 Å². The second-order valence-electron chi connectivity index (χ2n) is 8.09. The number of carboxylic acids is 1. The van der Waals surface area contributed by atoms with Gasteiger partial charge in [0.15, 0.2) is 0 Å². The number of fused-ring (bicyclic) bond motifs is 1. The van der Waals surface area contributed by atoms with Gasteiger partial charge in [-0.15, -0.1) is 0 Å². The second kappa shape index (κ2) is 12.7. The molecule has 0 saturated carbocycles. The van der Waals surface area contributed by atoms with Crippen molar-refractivity contribution in [3.63, 3.8) is 0 Å². The molecule has 0 bridgehead atoms. The molecular formula is C25H26ClFN4O5. The van der Waals surface area contributed by atoms with Crippen LogP contribution in [-0.4, -0.2) is 52.8 Å². The molecule has 2 aromatic carbocycles. The van der Waals surface area contributed by atoms with Gasteiger partial charge < -0.3 is 20.1 Å². The highest BCUT2D eigenvalue weighted by Crippen LogP contribution is 2.18. The molecule has 3 N–H and O–H groups in total. The summed E-state index contributed by atoms with van der Waals surface area (Å²) in [5, 5.41) is 16.2. The molecule has 0 aliphatic heterocycles. The first-order valence-corrected chi connectivity index (χ1v) is 11.6. The molecule has 1 heterocycles. The molecule has 190 valence electrons. The first-order chi connectivity index (χ1) is 17.2. The highest BCUT2D eigenvalue weighted by atomic mass is 35.5. The number of likely N-dealkylation sites (N-methyl/N-ethyl adjacent to an activating group) is 1. The number of pyridine rings is 1. The quantitative estimate of drug-likeness (QED) is 0.347. The largest absolute Gasteiger partial charge is 0.481 e. The van der Waals surface area contributed by atoms with Gasteiger partial charge in [0.25, 0.3) is 0 Å². The molecule has 0 unspecified atom stereocenters. The van der Waals surface area contributed by atoms with Gasteiger partial charge in [0.2, 0.25) is 0 Å². The number of halogens is 2. The molecule has 3 aromatic rings. The van der Waals surface area contributed by atoms with E-state index >= 15 is 0 Å². The third-order valence-corrected chi connectivity index (χ3v) is 5.86. The smallest absolute Gasteiger partial charge is 0.412 e. The summed E-state index contributed by atoms with van der Waals surface area (Å²) in [4.78, 5) is 41.5. The summed E-state index contributed by atoms with van der Waals surface area (Å²) in [5.74, 6) is -1.14. The van der Waals surface area contributed by atoms with E-state index in [1.54, 1.807) is 12.3 Å². The van der Waals surface area contributed by atoms with Crippen molar-refractivity contribution in [3.05, 3.63) is 71.1 Å². The van der Waals surface area contributed by atoms with Gasteiger partial charge in [0.1, 0.15) is 18.2 Å². The minimum absolute atomic E-state index is 0.0547. The normalized spacial score (nSPS) is 11.5.